The fraction of sp³-hybridized carbons (Fsp3) is 0. The van der Waals surface area contributed by atoms with E-state index < -0.39 is 0 Å². The van der Waals surface area contributed by atoms with Gasteiger partial charge < -0.3 is 4.98 Å². The third kappa shape index (κ3) is 0.923. The summed E-state index contributed by atoms with van der Waals surface area (Å²) >= 11 is 0. The Balaban J connectivity index is 2.76. The monoisotopic (exact) mass is 144 g/mol. The first-order valence-corrected chi connectivity index (χ1v) is 3.46. The smallest absolute Gasteiger partial charge is 0.0640 e. The lowest BCUT2D eigenvalue weighted by Crippen LogP contribution is -1.77. The standard InChI is InChI=1S/C9H8N2/c1-2-8-5-7-3-4-10-9(7)6-11-8/h2-6,10H,1H2. The van der Waals surface area contributed by atoms with E-state index >= 15 is 0 Å². The topological polar surface area (TPSA) is 28.7 Å². The maximum absolute atomic E-state index is 4.15. The van der Waals surface area contributed by atoms with Crippen molar-refractivity contribution in [3.05, 3.63) is 36.8 Å². The molecule has 2 aromatic rings. The average Bonchev–Trinajstić information content (AvgIpc) is 2.50. The van der Waals surface area contributed by atoms with Crippen LogP contribution in [0, 0.1) is 0 Å². The Bertz CT molecular complexity index is 387. The minimum atomic E-state index is 0.914. The van der Waals surface area contributed by atoms with E-state index in [1.807, 2.05) is 24.5 Å². The molecule has 2 aromatic heterocycles. The summed E-state index contributed by atoms with van der Waals surface area (Å²) in [5, 5.41) is 1.18. The van der Waals surface area contributed by atoms with E-state index in [0.29, 0.717) is 0 Å². The van der Waals surface area contributed by atoms with Crippen LogP contribution in [-0.2, 0) is 0 Å². The predicted octanol–water partition coefficient (Wildman–Crippen LogP) is 2.21. The molecule has 0 fully saturated rings. The van der Waals surface area contributed by atoms with Gasteiger partial charge in [0.05, 0.1) is 17.4 Å². The number of hydrogen-bond donors (Lipinski definition) is 1. The van der Waals surface area contributed by atoms with Gasteiger partial charge in [0, 0.05) is 11.6 Å². The summed E-state index contributed by atoms with van der Waals surface area (Å²) in [6.45, 7) is 3.65. The Morgan fingerprint density at radius 1 is 1.55 bits per heavy atom. The van der Waals surface area contributed by atoms with Gasteiger partial charge in [-0.05, 0) is 18.2 Å². The molecule has 2 nitrogen and oxygen atoms in total. The van der Waals surface area contributed by atoms with Gasteiger partial charge in [-0.1, -0.05) is 6.58 Å². The summed E-state index contributed by atoms with van der Waals surface area (Å²) in [5.74, 6) is 0. The molecule has 0 aliphatic carbocycles. The Morgan fingerprint density at radius 3 is 3.27 bits per heavy atom. The number of aromatic nitrogens is 2. The molecule has 0 atom stereocenters. The van der Waals surface area contributed by atoms with E-state index in [1.165, 1.54) is 5.39 Å². The second kappa shape index (κ2) is 2.23. The molecule has 0 saturated heterocycles. The zero-order valence-corrected chi connectivity index (χ0v) is 6.04. The normalized spacial score (nSPS) is 10.2. The van der Waals surface area contributed by atoms with Gasteiger partial charge in [0.25, 0.3) is 0 Å². The van der Waals surface area contributed by atoms with E-state index in [9.17, 15) is 0 Å². The molecule has 0 amide bonds. The zero-order chi connectivity index (χ0) is 7.68. The van der Waals surface area contributed by atoms with Gasteiger partial charge in [0.15, 0.2) is 0 Å². The van der Waals surface area contributed by atoms with Crippen molar-refractivity contribution in [1.82, 2.24) is 9.97 Å². The zero-order valence-electron chi connectivity index (χ0n) is 6.04. The molecular formula is C9H8N2. The summed E-state index contributed by atoms with van der Waals surface area (Å²) in [6.07, 6.45) is 5.46. The molecule has 0 aliphatic rings. The lowest BCUT2D eigenvalue weighted by Gasteiger charge is -1.91. The summed E-state index contributed by atoms with van der Waals surface area (Å²) in [6, 6.07) is 4.02. The quantitative estimate of drug-likeness (QED) is 0.653. The first kappa shape index (κ1) is 6.16. The first-order chi connectivity index (χ1) is 5.40. The van der Waals surface area contributed by atoms with Crippen LogP contribution in [0.3, 0.4) is 0 Å². The minimum absolute atomic E-state index is 0.914. The van der Waals surface area contributed by atoms with Crippen molar-refractivity contribution in [2.24, 2.45) is 0 Å². The molecule has 0 spiro atoms. The van der Waals surface area contributed by atoms with Gasteiger partial charge in [-0.25, -0.2) is 0 Å². The summed E-state index contributed by atoms with van der Waals surface area (Å²) in [7, 11) is 0. The Hall–Kier alpha value is -1.57. The average molecular weight is 144 g/mol. The van der Waals surface area contributed by atoms with E-state index in [2.05, 4.69) is 16.5 Å². The van der Waals surface area contributed by atoms with Gasteiger partial charge in [0.1, 0.15) is 0 Å². The summed E-state index contributed by atoms with van der Waals surface area (Å²) < 4.78 is 0. The third-order valence-corrected chi connectivity index (χ3v) is 1.67. The highest BCUT2D eigenvalue weighted by molar-refractivity contribution is 5.79. The van der Waals surface area contributed by atoms with Crippen LogP contribution < -0.4 is 0 Å². The van der Waals surface area contributed by atoms with Gasteiger partial charge >= 0.3 is 0 Å². The molecule has 0 unspecified atom stereocenters. The largest absolute Gasteiger partial charge is 0.360 e. The van der Waals surface area contributed by atoms with Crippen molar-refractivity contribution in [2.45, 2.75) is 0 Å². The molecule has 11 heavy (non-hydrogen) atoms. The third-order valence-electron chi connectivity index (χ3n) is 1.67. The number of hydrogen-bond acceptors (Lipinski definition) is 1. The van der Waals surface area contributed by atoms with Crippen LogP contribution in [0.2, 0.25) is 0 Å². The molecule has 0 bridgehead atoms. The van der Waals surface area contributed by atoms with Crippen molar-refractivity contribution in [3.63, 3.8) is 0 Å². The van der Waals surface area contributed by atoms with Crippen LogP contribution in [0.5, 0.6) is 0 Å². The second-order valence-electron chi connectivity index (χ2n) is 2.38. The van der Waals surface area contributed by atoms with Crippen LogP contribution >= 0.6 is 0 Å². The molecular weight excluding hydrogens is 136 g/mol. The fourth-order valence-corrected chi connectivity index (χ4v) is 1.08. The van der Waals surface area contributed by atoms with Crippen LogP contribution in [-0.4, -0.2) is 9.97 Å². The highest BCUT2D eigenvalue weighted by Gasteiger charge is 1.93. The van der Waals surface area contributed by atoms with Crippen LogP contribution in [0.4, 0.5) is 0 Å². The second-order valence-corrected chi connectivity index (χ2v) is 2.38. The van der Waals surface area contributed by atoms with Gasteiger partial charge in [-0.15, -0.1) is 0 Å². The highest BCUT2D eigenvalue weighted by Crippen LogP contribution is 2.11. The van der Waals surface area contributed by atoms with E-state index in [0.717, 1.165) is 11.2 Å². The van der Waals surface area contributed by atoms with Crippen molar-refractivity contribution in [1.29, 1.82) is 0 Å². The van der Waals surface area contributed by atoms with Crippen molar-refractivity contribution >= 4 is 17.0 Å². The fourth-order valence-electron chi connectivity index (χ4n) is 1.08. The van der Waals surface area contributed by atoms with Gasteiger partial charge in [-0.3, -0.25) is 4.98 Å². The number of fused-ring (bicyclic) bond motifs is 1. The molecule has 2 heterocycles. The molecule has 2 rings (SSSR count). The molecule has 2 heteroatoms. The predicted molar refractivity (Wildman–Crippen MR) is 46.2 cm³/mol. The van der Waals surface area contributed by atoms with Crippen molar-refractivity contribution in [3.8, 4) is 0 Å². The molecule has 54 valence electrons. The number of pyridine rings is 1. The Morgan fingerprint density at radius 2 is 2.45 bits per heavy atom. The maximum atomic E-state index is 4.15. The summed E-state index contributed by atoms with van der Waals surface area (Å²) in [4.78, 5) is 7.22. The minimum Gasteiger partial charge on any atom is -0.360 e. The first-order valence-electron chi connectivity index (χ1n) is 3.46. The van der Waals surface area contributed by atoms with Crippen LogP contribution in [0.15, 0.2) is 31.1 Å². The van der Waals surface area contributed by atoms with E-state index in [-0.39, 0.29) is 0 Å². The Labute approximate surface area is 64.6 Å². The number of nitrogens with one attached hydrogen (secondary N) is 1. The Kier molecular flexibility index (Phi) is 1.25. The number of nitrogens with zero attached hydrogens (tertiary/aromatic N) is 1. The molecule has 0 aliphatic heterocycles. The SMILES string of the molecule is C=Cc1cc2cc[nH]c2cn1. The van der Waals surface area contributed by atoms with Crippen LogP contribution in [0.25, 0.3) is 17.0 Å². The molecule has 0 saturated carbocycles. The van der Waals surface area contributed by atoms with Crippen molar-refractivity contribution in [2.75, 3.05) is 0 Å². The highest BCUT2D eigenvalue weighted by atomic mass is 14.7. The molecule has 0 aromatic carbocycles. The van der Waals surface area contributed by atoms with Gasteiger partial charge in [-0.2, -0.15) is 0 Å². The molecule has 1 N–H and O–H groups in total. The number of rotatable bonds is 1. The van der Waals surface area contributed by atoms with Crippen LogP contribution in [0.1, 0.15) is 5.69 Å². The van der Waals surface area contributed by atoms with Crippen molar-refractivity contribution < 1.29 is 0 Å². The maximum Gasteiger partial charge on any atom is 0.0640 e. The lowest BCUT2D eigenvalue weighted by atomic mass is 10.2. The lowest BCUT2D eigenvalue weighted by molar-refractivity contribution is 1.31. The van der Waals surface area contributed by atoms with E-state index in [4.69, 9.17) is 0 Å². The number of aromatic amines is 1. The van der Waals surface area contributed by atoms with Gasteiger partial charge in [0.2, 0.25) is 0 Å². The van der Waals surface area contributed by atoms with E-state index in [1.54, 1.807) is 6.08 Å². The molecule has 0 radical (unpaired) electrons. The summed E-state index contributed by atoms with van der Waals surface area (Å²) in [5.41, 5.74) is 1.98. The number of H-pyrrole nitrogens is 1.